The van der Waals surface area contributed by atoms with Gasteiger partial charge in [0.15, 0.2) is 0 Å². The molecule has 2 aliphatic carbocycles. The lowest BCUT2D eigenvalue weighted by Gasteiger charge is -2.22. The maximum Gasteiger partial charge on any atom is 0.139 e. The minimum atomic E-state index is -0.0337. The molecule has 17 aromatic rings. The molecule has 0 saturated heterocycles. The molecular weight excluding hydrogens is 1020 g/mol. The van der Waals surface area contributed by atoms with E-state index in [1.54, 1.807) is 0 Å². The van der Waals surface area contributed by atoms with Crippen LogP contribution in [0.15, 0.2) is 227 Å². The van der Waals surface area contributed by atoms with Gasteiger partial charge in [0.2, 0.25) is 0 Å². The molecule has 2 unspecified atom stereocenters. The second-order valence-corrected chi connectivity index (χ2v) is 25.0. The Morgan fingerprint density at radius 1 is 0.274 bits per heavy atom. The maximum atomic E-state index is 7.19. The van der Waals surface area contributed by atoms with Gasteiger partial charge in [0.25, 0.3) is 0 Å². The fourth-order valence-electron chi connectivity index (χ4n) is 16.9. The minimum Gasteiger partial charge on any atom is -0.455 e. The molecule has 0 radical (unpaired) electrons. The van der Waals surface area contributed by atoms with Crippen molar-refractivity contribution in [3.05, 3.63) is 263 Å². The van der Waals surface area contributed by atoms with Crippen molar-refractivity contribution in [3.8, 4) is 0 Å². The monoisotopic (exact) mass is 1080 g/mol. The van der Waals surface area contributed by atoms with E-state index in [4.69, 9.17) is 8.83 Å². The van der Waals surface area contributed by atoms with Crippen molar-refractivity contribution < 1.29 is 8.83 Å². The summed E-state index contributed by atoms with van der Waals surface area (Å²) >= 11 is 0. The van der Waals surface area contributed by atoms with Gasteiger partial charge in [-0.15, -0.1) is 0 Å². The lowest BCUT2D eigenvalue weighted by molar-refractivity contribution is 0.442. The van der Waals surface area contributed by atoms with Gasteiger partial charge in [-0.3, -0.25) is 0 Å². The molecule has 0 aliphatic heterocycles. The van der Waals surface area contributed by atoms with Crippen molar-refractivity contribution in [2.24, 2.45) is 0 Å². The number of benzene rings is 11. The molecule has 0 N–H and O–H groups in total. The molecule has 4 nitrogen and oxygen atoms in total. The SMILES string of the molecule is c1ccc(C(c2ccc3c(c2)c2cccc4c5cc6c(cc5n3c24)c2cccc3c4cc(C(c5ccccc5)c5cccc7c5oc5c(C8CCCCC8)cccc57)ccc4n6c32)c2cccc3c2oc2c(C4CCCCC4)cccc23)cc1. The van der Waals surface area contributed by atoms with Crippen molar-refractivity contribution in [2.45, 2.75) is 87.9 Å². The van der Waals surface area contributed by atoms with Gasteiger partial charge >= 0.3 is 0 Å². The van der Waals surface area contributed by atoms with Crippen molar-refractivity contribution in [1.82, 2.24) is 8.80 Å². The predicted octanol–water partition coefficient (Wildman–Crippen LogP) is 22.2. The van der Waals surface area contributed by atoms with Crippen LogP contribution >= 0.6 is 0 Å². The molecule has 2 aliphatic rings. The summed E-state index contributed by atoms with van der Waals surface area (Å²) in [7, 11) is 0. The summed E-state index contributed by atoms with van der Waals surface area (Å²) in [5.74, 6) is 1.03. The third-order valence-electron chi connectivity index (χ3n) is 20.6. The number of hydrogen-bond donors (Lipinski definition) is 0. The fourth-order valence-corrected chi connectivity index (χ4v) is 16.9. The Morgan fingerprint density at radius 2 is 0.631 bits per heavy atom. The van der Waals surface area contributed by atoms with Crippen LogP contribution in [0.4, 0.5) is 0 Å². The number of fused-ring (bicyclic) bond motifs is 18. The fraction of sp³-hybridized carbons (Fsp3) is 0.175. The first-order chi connectivity index (χ1) is 41.7. The first-order valence-corrected chi connectivity index (χ1v) is 31.0. The van der Waals surface area contributed by atoms with E-state index < -0.39 is 0 Å². The highest BCUT2D eigenvalue weighted by Gasteiger charge is 2.30. The number of hydrogen-bond acceptors (Lipinski definition) is 2. The van der Waals surface area contributed by atoms with E-state index in [2.05, 4.69) is 227 Å². The second kappa shape index (κ2) is 18.1. The average molecular weight is 1080 g/mol. The highest BCUT2D eigenvalue weighted by atomic mass is 16.3. The minimum absolute atomic E-state index is 0.0337. The van der Waals surface area contributed by atoms with Gasteiger partial charge in [0.05, 0.1) is 33.1 Å². The molecule has 2 atom stereocenters. The number of nitrogens with zero attached hydrogens (tertiary/aromatic N) is 2. The highest BCUT2D eigenvalue weighted by Crippen LogP contribution is 2.50. The summed E-state index contributed by atoms with van der Waals surface area (Å²) in [6.45, 7) is 0. The normalized spacial score (nSPS) is 15.9. The molecule has 84 heavy (non-hydrogen) atoms. The Labute approximate surface area is 485 Å². The van der Waals surface area contributed by atoms with E-state index in [0.717, 1.165) is 22.3 Å². The van der Waals surface area contributed by atoms with Gasteiger partial charge in [-0.2, -0.15) is 0 Å². The van der Waals surface area contributed by atoms with Crippen LogP contribution in [0.1, 0.15) is 132 Å². The van der Waals surface area contributed by atoms with E-state index in [1.807, 2.05) is 0 Å². The zero-order valence-corrected chi connectivity index (χ0v) is 46.9. The van der Waals surface area contributed by atoms with Gasteiger partial charge in [-0.25, -0.2) is 0 Å². The Bertz CT molecular complexity index is 5130. The van der Waals surface area contributed by atoms with Crippen LogP contribution in [0.5, 0.6) is 0 Å². The molecule has 6 aromatic heterocycles. The third-order valence-corrected chi connectivity index (χ3v) is 20.6. The number of furan rings is 2. The Balaban J connectivity index is 0.767. The van der Waals surface area contributed by atoms with Crippen LogP contribution in [0.3, 0.4) is 0 Å². The van der Waals surface area contributed by atoms with Gasteiger partial charge in [-0.05, 0) is 107 Å². The van der Waals surface area contributed by atoms with Crippen LogP contribution in [-0.2, 0) is 0 Å². The molecule has 2 saturated carbocycles. The molecule has 2 fully saturated rings. The van der Waals surface area contributed by atoms with E-state index in [-0.39, 0.29) is 11.8 Å². The third kappa shape index (κ3) is 6.65. The Morgan fingerprint density at radius 3 is 1.05 bits per heavy atom. The molecular formula is C80H60N2O2. The topological polar surface area (TPSA) is 35.1 Å². The quantitative estimate of drug-likeness (QED) is 0.142. The maximum absolute atomic E-state index is 7.19. The molecule has 6 heterocycles. The van der Waals surface area contributed by atoms with Crippen molar-refractivity contribution in [3.63, 3.8) is 0 Å². The Kier molecular flexibility index (Phi) is 10.1. The van der Waals surface area contributed by atoms with Crippen LogP contribution < -0.4 is 0 Å². The predicted molar refractivity (Wildman–Crippen MR) is 350 cm³/mol. The lowest BCUT2D eigenvalue weighted by Crippen LogP contribution is -2.04. The average Bonchev–Trinajstić information content (AvgIpc) is 1.69. The summed E-state index contributed by atoms with van der Waals surface area (Å²) in [4.78, 5) is 0. The molecule has 0 spiro atoms. The smallest absolute Gasteiger partial charge is 0.139 e. The Hall–Kier alpha value is -9.38. The van der Waals surface area contributed by atoms with Crippen LogP contribution in [0, 0.1) is 0 Å². The number of aromatic nitrogens is 2. The van der Waals surface area contributed by atoms with Gasteiger partial charge in [0, 0.05) is 87.6 Å². The summed E-state index contributed by atoms with van der Waals surface area (Å²) in [5, 5.41) is 15.1. The van der Waals surface area contributed by atoms with E-state index >= 15 is 0 Å². The standard InChI is InChI=1S/C80H60N2O2/c1-5-19-47(20-6-1)53-27-13-33-59-61-35-17-37-63(79(61)83-77(53)59)73(49-23-9-3-10-24-49)51-39-41-69-65(43-51)55-29-15-31-57-67-46-72-68(45-71(67)81(69)75(55)57)58-32-16-30-56-66-44-52(40-42-70(66)82(72)76(56)58)74(50-25-11-4-12-26-50)64-38-18-36-62-60-34-14-28-54(78(60)84-80(62)64)48-21-7-2-8-22-48/h3-4,9-18,23-48,73-74H,1-2,5-8,19-22H2. The zero-order chi connectivity index (χ0) is 54.7. The van der Waals surface area contributed by atoms with Crippen LogP contribution in [0.2, 0.25) is 0 Å². The van der Waals surface area contributed by atoms with Crippen LogP contribution in [0.25, 0.3) is 120 Å². The summed E-state index contributed by atoms with van der Waals surface area (Å²) in [6, 6.07) is 83.0. The largest absolute Gasteiger partial charge is 0.455 e. The number of para-hydroxylation sites is 6. The summed E-state index contributed by atoms with van der Waals surface area (Å²) in [5.41, 5.74) is 21.9. The van der Waals surface area contributed by atoms with Gasteiger partial charge in [-0.1, -0.05) is 221 Å². The van der Waals surface area contributed by atoms with Gasteiger partial charge in [0.1, 0.15) is 22.3 Å². The second-order valence-electron chi connectivity index (χ2n) is 25.0. The first-order valence-electron chi connectivity index (χ1n) is 31.0. The molecule has 4 heteroatoms. The van der Waals surface area contributed by atoms with Crippen molar-refractivity contribution in [2.75, 3.05) is 0 Å². The zero-order valence-electron chi connectivity index (χ0n) is 46.9. The lowest BCUT2D eigenvalue weighted by atomic mass is 9.83. The molecule has 11 aromatic carbocycles. The number of rotatable bonds is 8. The van der Waals surface area contributed by atoms with Gasteiger partial charge < -0.3 is 17.6 Å². The van der Waals surface area contributed by atoms with Crippen LogP contribution in [-0.4, -0.2) is 8.80 Å². The van der Waals surface area contributed by atoms with Crippen molar-refractivity contribution in [1.29, 1.82) is 0 Å². The van der Waals surface area contributed by atoms with E-state index in [9.17, 15) is 0 Å². The molecule has 402 valence electrons. The summed E-state index contributed by atoms with van der Waals surface area (Å²) < 4.78 is 19.5. The van der Waals surface area contributed by atoms with E-state index in [0.29, 0.717) is 11.8 Å². The molecule has 0 bridgehead atoms. The van der Waals surface area contributed by atoms with Crippen molar-refractivity contribution >= 4 is 120 Å². The molecule has 19 rings (SSSR count). The summed E-state index contributed by atoms with van der Waals surface area (Å²) in [6.07, 6.45) is 12.8. The highest BCUT2D eigenvalue weighted by molar-refractivity contribution is 6.29. The molecule has 0 amide bonds. The first kappa shape index (κ1) is 47.1. The van der Waals surface area contributed by atoms with E-state index in [1.165, 1.54) is 206 Å².